The van der Waals surface area contributed by atoms with Gasteiger partial charge in [0.05, 0.1) is 6.61 Å². The summed E-state index contributed by atoms with van der Waals surface area (Å²) in [6.45, 7) is 5.93. The summed E-state index contributed by atoms with van der Waals surface area (Å²) in [4.78, 5) is 7.93. The van der Waals surface area contributed by atoms with Crippen molar-refractivity contribution in [3.05, 3.63) is 6.07 Å². The van der Waals surface area contributed by atoms with Crippen LogP contribution in [0.4, 0.5) is 11.8 Å². The predicted octanol–water partition coefficient (Wildman–Crippen LogP) is 1.15. The van der Waals surface area contributed by atoms with Gasteiger partial charge in [0.25, 0.3) is 0 Å². The minimum atomic E-state index is 0.190. The van der Waals surface area contributed by atoms with E-state index in [9.17, 15) is 0 Å². The number of nitrogens with zero attached hydrogens (tertiary/aromatic N) is 2. The zero-order valence-corrected chi connectivity index (χ0v) is 10.6. The van der Waals surface area contributed by atoms with Crippen LogP contribution >= 0.6 is 0 Å². The first kappa shape index (κ1) is 13.5. The number of anilines is 2. The van der Waals surface area contributed by atoms with Crippen LogP contribution in [-0.2, 0) is 4.74 Å². The lowest BCUT2D eigenvalue weighted by Crippen LogP contribution is -2.11. The molecular weight excluding hydrogens is 220 g/mol. The van der Waals surface area contributed by atoms with Gasteiger partial charge in [-0.1, -0.05) is 13.8 Å². The van der Waals surface area contributed by atoms with Crippen molar-refractivity contribution < 1.29 is 9.47 Å². The van der Waals surface area contributed by atoms with Crippen molar-refractivity contribution in [2.45, 2.75) is 13.8 Å². The fraction of sp³-hybridized carbons (Fsp3) is 0.636. The fourth-order valence-corrected chi connectivity index (χ4v) is 1.17. The van der Waals surface area contributed by atoms with Gasteiger partial charge in [-0.2, -0.15) is 9.97 Å². The van der Waals surface area contributed by atoms with E-state index >= 15 is 0 Å². The maximum Gasteiger partial charge on any atom is 0.225 e. The minimum absolute atomic E-state index is 0.190. The lowest BCUT2D eigenvalue weighted by atomic mass is 10.2. The third kappa shape index (κ3) is 5.35. The quantitative estimate of drug-likeness (QED) is 0.696. The van der Waals surface area contributed by atoms with Crippen molar-refractivity contribution >= 4 is 11.8 Å². The number of nitrogens with two attached hydrogens (primary N) is 1. The molecule has 6 heteroatoms. The Bertz CT molecular complexity index is 344. The first-order valence-electron chi connectivity index (χ1n) is 5.64. The highest BCUT2D eigenvalue weighted by molar-refractivity contribution is 5.41. The number of hydrogen-bond donors (Lipinski definition) is 2. The van der Waals surface area contributed by atoms with Crippen LogP contribution in [0.15, 0.2) is 6.07 Å². The molecule has 3 N–H and O–H groups in total. The Hall–Kier alpha value is -1.56. The Labute approximate surface area is 102 Å². The van der Waals surface area contributed by atoms with Crippen LogP contribution in [0, 0.1) is 5.92 Å². The van der Waals surface area contributed by atoms with Crippen molar-refractivity contribution in [3.63, 3.8) is 0 Å². The molecular formula is C11H20N4O2. The van der Waals surface area contributed by atoms with E-state index < -0.39 is 0 Å². The number of nitrogen functional groups attached to an aromatic ring is 1. The summed E-state index contributed by atoms with van der Waals surface area (Å²) in [5.74, 6) is 1.81. The maximum absolute atomic E-state index is 5.53. The van der Waals surface area contributed by atoms with Gasteiger partial charge in [-0.15, -0.1) is 0 Å². The van der Waals surface area contributed by atoms with E-state index in [0.29, 0.717) is 30.8 Å². The van der Waals surface area contributed by atoms with Crippen LogP contribution < -0.4 is 15.8 Å². The van der Waals surface area contributed by atoms with E-state index in [-0.39, 0.29) is 5.95 Å². The molecule has 1 heterocycles. The Kier molecular flexibility index (Phi) is 5.48. The van der Waals surface area contributed by atoms with Crippen molar-refractivity contribution in [2.24, 2.45) is 5.92 Å². The molecule has 0 unspecified atom stereocenters. The first-order valence-corrected chi connectivity index (χ1v) is 5.64. The third-order valence-corrected chi connectivity index (χ3v) is 1.90. The molecule has 1 aromatic heterocycles. The van der Waals surface area contributed by atoms with Crippen LogP contribution in [0.5, 0.6) is 5.88 Å². The topological polar surface area (TPSA) is 82.3 Å². The summed E-state index contributed by atoms with van der Waals surface area (Å²) < 4.78 is 10.8. The van der Waals surface area contributed by atoms with E-state index in [1.807, 2.05) is 0 Å². The van der Waals surface area contributed by atoms with E-state index in [0.717, 1.165) is 6.61 Å². The van der Waals surface area contributed by atoms with Crippen molar-refractivity contribution in [2.75, 3.05) is 37.9 Å². The number of nitrogens with one attached hydrogen (secondary N) is 1. The monoisotopic (exact) mass is 240 g/mol. The van der Waals surface area contributed by atoms with Crippen LogP contribution in [0.1, 0.15) is 13.8 Å². The first-order chi connectivity index (χ1) is 8.11. The van der Waals surface area contributed by atoms with Crippen LogP contribution in [0.2, 0.25) is 0 Å². The Morgan fingerprint density at radius 2 is 2.12 bits per heavy atom. The molecule has 0 amide bonds. The second-order valence-electron chi connectivity index (χ2n) is 4.02. The molecule has 0 aliphatic rings. The molecule has 0 radical (unpaired) electrons. The lowest BCUT2D eigenvalue weighted by molar-refractivity contribution is 0.0806. The van der Waals surface area contributed by atoms with Gasteiger partial charge in [-0.3, -0.25) is 0 Å². The van der Waals surface area contributed by atoms with Gasteiger partial charge < -0.3 is 20.5 Å². The molecule has 0 aromatic carbocycles. The number of ether oxygens (including phenoxy) is 2. The number of rotatable bonds is 7. The molecule has 0 saturated carbocycles. The highest BCUT2D eigenvalue weighted by atomic mass is 16.5. The van der Waals surface area contributed by atoms with Crippen molar-refractivity contribution in [1.82, 2.24) is 9.97 Å². The highest BCUT2D eigenvalue weighted by Crippen LogP contribution is 2.13. The van der Waals surface area contributed by atoms with Crippen LogP contribution in [-0.4, -0.2) is 36.8 Å². The summed E-state index contributed by atoms with van der Waals surface area (Å²) >= 11 is 0. The van der Waals surface area contributed by atoms with E-state index in [1.54, 1.807) is 13.1 Å². The summed E-state index contributed by atoms with van der Waals surface area (Å²) in [6.07, 6.45) is 0. The number of hydrogen-bond acceptors (Lipinski definition) is 6. The highest BCUT2D eigenvalue weighted by Gasteiger charge is 2.02. The molecule has 17 heavy (non-hydrogen) atoms. The fourth-order valence-electron chi connectivity index (χ4n) is 1.17. The summed E-state index contributed by atoms with van der Waals surface area (Å²) in [7, 11) is 1.76. The molecule has 0 saturated heterocycles. The van der Waals surface area contributed by atoms with Gasteiger partial charge >= 0.3 is 0 Å². The van der Waals surface area contributed by atoms with Gasteiger partial charge in [0.2, 0.25) is 11.8 Å². The van der Waals surface area contributed by atoms with Crippen LogP contribution in [0.3, 0.4) is 0 Å². The minimum Gasteiger partial charge on any atom is -0.475 e. The molecule has 0 bridgehead atoms. The van der Waals surface area contributed by atoms with Crippen LogP contribution in [0.25, 0.3) is 0 Å². The molecule has 0 atom stereocenters. The summed E-state index contributed by atoms with van der Waals surface area (Å²) in [5, 5.41) is 2.88. The second-order valence-corrected chi connectivity index (χ2v) is 4.02. The normalized spacial score (nSPS) is 10.6. The predicted molar refractivity (Wildman–Crippen MR) is 67.1 cm³/mol. The molecule has 0 spiro atoms. The molecule has 0 aliphatic carbocycles. The van der Waals surface area contributed by atoms with Gasteiger partial charge in [0, 0.05) is 19.7 Å². The molecule has 0 fully saturated rings. The SMILES string of the molecule is CNc1cc(OCCOCC(C)C)nc(N)n1. The second kappa shape index (κ2) is 6.90. The van der Waals surface area contributed by atoms with Gasteiger partial charge in [0.15, 0.2) is 0 Å². The Morgan fingerprint density at radius 3 is 2.76 bits per heavy atom. The lowest BCUT2D eigenvalue weighted by Gasteiger charge is -2.09. The summed E-state index contributed by atoms with van der Waals surface area (Å²) in [5.41, 5.74) is 5.53. The van der Waals surface area contributed by atoms with Crippen molar-refractivity contribution in [3.8, 4) is 5.88 Å². The van der Waals surface area contributed by atoms with Gasteiger partial charge in [-0.05, 0) is 5.92 Å². The zero-order valence-electron chi connectivity index (χ0n) is 10.6. The smallest absolute Gasteiger partial charge is 0.225 e. The third-order valence-electron chi connectivity index (χ3n) is 1.90. The maximum atomic E-state index is 5.53. The van der Waals surface area contributed by atoms with E-state index in [2.05, 4.69) is 29.1 Å². The van der Waals surface area contributed by atoms with Gasteiger partial charge in [-0.25, -0.2) is 0 Å². The molecule has 96 valence electrons. The largest absolute Gasteiger partial charge is 0.475 e. The Morgan fingerprint density at radius 1 is 1.35 bits per heavy atom. The van der Waals surface area contributed by atoms with Crippen molar-refractivity contribution in [1.29, 1.82) is 0 Å². The zero-order chi connectivity index (χ0) is 12.7. The van der Waals surface area contributed by atoms with E-state index in [4.69, 9.17) is 15.2 Å². The average molecular weight is 240 g/mol. The standard InChI is InChI=1S/C11H20N4O2/c1-8(2)7-16-4-5-17-10-6-9(13-3)14-11(12)15-10/h6,8H,4-5,7H2,1-3H3,(H3,12,13,14,15). The molecule has 1 rings (SSSR count). The number of aromatic nitrogens is 2. The molecule has 0 aliphatic heterocycles. The summed E-state index contributed by atoms with van der Waals surface area (Å²) in [6, 6.07) is 1.69. The van der Waals surface area contributed by atoms with Gasteiger partial charge in [0.1, 0.15) is 12.4 Å². The molecule has 6 nitrogen and oxygen atoms in total. The molecule has 1 aromatic rings. The Balaban J connectivity index is 2.33. The average Bonchev–Trinajstić information content (AvgIpc) is 2.27. The van der Waals surface area contributed by atoms with E-state index in [1.165, 1.54) is 0 Å².